The van der Waals surface area contributed by atoms with Gasteiger partial charge in [0.05, 0.1) is 6.61 Å². The van der Waals surface area contributed by atoms with Crippen LogP contribution in [0, 0.1) is 6.92 Å². The number of likely N-dealkylation sites (N-methyl/N-ethyl adjacent to an activating group) is 1. The molecule has 0 fully saturated rings. The number of nitrogens with zero attached hydrogens (tertiary/aromatic N) is 1. The first-order chi connectivity index (χ1) is 8.41. The number of hydrogen-bond acceptors (Lipinski definition) is 5. The molecule has 1 rings (SSSR count). The number of thiophene rings is 1. The number of aryl methyl sites for hydroxylation is 1. The molecule has 0 N–H and O–H groups in total. The van der Waals surface area contributed by atoms with Gasteiger partial charge < -0.3 is 4.74 Å². The predicted octanol–water partition coefficient (Wildman–Crippen LogP) is 1.63. The quantitative estimate of drug-likeness (QED) is 0.747. The summed E-state index contributed by atoms with van der Waals surface area (Å²) in [5.74, 6) is -0.531. The summed E-state index contributed by atoms with van der Waals surface area (Å²) in [5.41, 5.74) is 0. The topological polar surface area (TPSA) is 63.7 Å². The van der Waals surface area contributed by atoms with Crippen molar-refractivity contribution in [1.29, 1.82) is 0 Å². The summed E-state index contributed by atoms with van der Waals surface area (Å²) in [6.07, 6.45) is 0. The number of carbonyl (C=O) groups is 1. The number of rotatable bonds is 6. The highest BCUT2D eigenvalue weighted by Gasteiger charge is 2.26. The number of carbonyl (C=O) groups excluding carboxylic acids is 1. The minimum atomic E-state index is -3.59. The molecule has 0 atom stereocenters. The van der Waals surface area contributed by atoms with Crippen LogP contribution in [0.5, 0.6) is 0 Å². The summed E-state index contributed by atoms with van der Waals surface area (Å²) in [6, 6.07) is 3.30. The molecule has 0 aliphatic rings. The molecule has 0 saturated carbocycles. The van der Waals surface area contributed by atoms with Crippen LogP contribution in [-0.2, 0) is 19.6 Å². The minimum absolute atomic E-state index is 0.234. The van der Waals surface area contributed by atoms with Crippen molar-refractivity contribution >= 4 is 27.3 Å². The largest absolute Gasteiger partial charge is 0.465 e. The van der Waals surface area contributed by atoms with Gasteiger partial charge in [0.2, 0.25) is 0 Å². The maximum absolute atomic E-state index is 12.2. The highest BCUT2D eigenvalue weighted by molar-refractivity contribution is 7.91. The van der Waals surface area contributed by atoms with E-state index in [4.69, 9.17) is 4.74 Å². The van der Waals surface area contributed by atoms with Crippen LogP contribution in [0.15, 0.2) is 16.3 Å². The SMILES string of the molecule is CCOC(=O)CN(CC)S(=O)(=O)c1ccc(C)s1. The van der Waals surface area contributed by atoms with E-state index in [9.17, 15) is 13.2 Å². The van der Waals surface area contributed by atoms with E-state index in [2.05, 4.69) is 0 Å². The third-order valence-electron chi connectivity index (χ3n) is 2.27. The van der Waals surface area contributed by atoms with Crippen molar-refractivity contribution in [1.82, 2.24) is 4.31 Å². The predicted molar refractivity (Wildman–Crippen MR) is 70.1 cm³/mol. The molecule has 0 spiro atoms. The Balaban J connectivity index is 2.90. The van der Waals surface area contributed by atoms with Crippen LogP contribution in [0.2, 0.25) is 0 Å². The first kappa shape index (κ1) is 15.1. The van der Waals surface area contributed by atoms with Crippen molar-refractivity contribution in [3.8, 4) is 0 Å². The Morgan fingerprint density at radius 2 is 2.06 bits per heavy atom. The Morgan fingerprint density at radius 1 is 1.39 bits per heavy atom. The fourth-order valence-corrected chi connectivity index (χ4v) is 4.23. The molecule has 0 saturated heterocycles. The van der Waals surface area contributed by atoms with Crippen LogP contribution in [0.1, 0.15) is 18.7 Å². The first-order valence-corrected chi connectivity index (χ1v) is 7.89. The Morgan fingerprint density at radius 3 is 2.50 bits per heavy atom. The highest BCUT2D eigenvalue weighted by Crippen LogP contribution is 2.24. The van der Waals surface area contributed by atoms with E-state index in [0.717, 1.165) is 9.18 Å². The third kappa shape index (κ3) is 3.54. The summed E-state index contributed by atoms with van der Waals surface area (Å²) >= 11 is 1.20. The molecule has 0 bridgehead atoms. The Kier molecular flexibility index (Phi) is 5.30. The van der Waals surface area contributed by atoms with Gasteiger partial charge in [-0.25, -0.2) is 8.42 Å². The fraction of sp³-hybridized carbons (Fsp3) is 0.545. The van der Waals surface area contributed by atoms with E-state index in [1.165, 1.54) is 11.3 Å². The number of sulfonamides is 1. The van der Waals surface area contributed by atoms with Crippen molar-refractivity contribution in [2.45, 2.75) is 25.0 Å². The zero-order chi connectivity index (χ0) is 13.8. The molecule has 1 aromatic heterocycles. The first-order valence-electron chi connectivity index (χ1n) is 5.64. The molecule has 5 nitrogen and oxygen atoms in total. The van der Waals surface area contributed by atoms with Crippen molar-refractivity contribution in [2.24, 2.45) is 0 Å². The van der Waals surface area contributed by atoms with Gasteiger partial charge in [0.15, 0.2) is 0 Å². The van der Waals surface area contributed by atoms with Crippen molar-refractivity contribution in [3.63, 3.8) is 0 Å². The van der Waals surface area contributed by atoms with Gasteiger partial charge in [-0.1, -0.05) is 6.92 Å². The van der Waals surface area contributed by atoms with Gasteiger partial charge >= 0.3 is 5.97 Å². The minimum Gasteiger partial charge on any atom is -0.465 e. The summed E-state index contributed by atoms with van der Waals surface area (Å²) in [4.78, 5) is 12.3. The average molecular weight is 291 g/mol. The second kappa shape index (κ2) is 6.31. The smallest absolute Gasteiger partial charge is 0.321 e. The lowest BCUT2D eigenvalue weighted by atomic mass is 10.5. The summed E-state index contributed by atoms with van der Waals surface area (Å²) in [7, 11) is -3.59. The lowest BCUT2D eigenvalue weighted by molar-refractivity contribution is -0.143. The Labute approximate surface area is 111 Å². The van der Waals surface area contributed by atoms with Crippen LogP contribution in [-0.4, -0.2) is 38.4 Å². The summed E-state index contributed by atoms with van der Waals surface area (Å²) in [6.45, 7) is 5.45. The van der Waals surface area contributed by atoms with E-state index in [1.54, 1.807) is 26.0 Å². The van der Waals surface area contributed by atoms with Crippen LogP contribution >= 0.6 is 11.3 Å². The fourth-order valence-electron chi connectivity index (χ4n) is 1.40. The van der Waals surface area contributed by atoms with Gasteiger partial charge in [-0.05, 0) is 26.0 Å². The normalized spacial score (nSPS) is 11.8. The molecule has 0 aliphatic heterocycles. The number of hydrogen-bond donors (Lipinski definition) is 0. The molecule has 0 radical (unpaired) electrons. The van der Waals surface area contributed by atoms with Gasteiger partial charge in [-0.15, -0.1) is 11.3 Å². The van der Waals surface area contributed by atoms with E-state index >= 15 is 0 Å². The second-order valence-corrected chi connectivity index (χ2v) is 7.05. The standard InChI is InChI=1S/C11H17NO4S2/c1-4-12(8-10(13)16-5-2)18(14,15)11-7-6-9(3)17-11/h6-7H,4-5,8H2,1-3H3. The molecule has 102 valence electrons. The van der Waals surface area contributed by atoms with Crippen molar-refractivity contribution < 1.29 is 17.9 Å². The molecule has 0 amide bonds. The molecule has 1 heterocycles. The zero-order valence-corrected chi connectivity index (χ0v) is 12.3. The second-order valence-electron chi connectivity index (χ2n) is 3.60. The summed E-state index contributed by atoms with van der Waals surface area (Å²) < 4.78 is 30.6. The third-order valence-corrected chi connectivity index (χ3v) is 5.66. The summed E-state index contributed by atoms with van der Waals surface area (Å²) in [5, 5.41) is 0. The molecule has 1 aromatic rings. The van der Waals surface area contributed by atoms with Gasteiger partial charge in [-0.2, -0.15) is 4.31 Å². The molecule has 0 aromatic carbocycles. The van der Waals surface area contributed by atoms with Gasteiger partial charge in [0.25, 0.3) is 10.0 Å². The van der Waals surface area contributed by atoms with Crippen molar-refractivity contribution in [3.05, 3.63) is 17.0 Å². The maximum atomic E-state index is 12.2. The lowest BCUT2D eigenvalue weighted by Crippen LogP contribution is -2.35. The molecule has 18 heavy (non-hydrogen) atoms. The van der Waals surface area contributed by atoms with Gasteiger partial charge in [0.1, 0.15) is 10.8 Å². The number of ether oxygens (including phenoxy) is 1. The van der Waals surface area contributed by atoms with E-state index in [0.29, 0.717) is 0 Å². The van der Waals surface area contributed by atoms with Crippen LogP contribution in [0.3, 0.4) is 0 Å². The van der Waals surface area contributed by atoms with Crippen LogP contribution in [0.4, 0.5) is 0 Å². The van der Waals surface area contributed by atoms with E-state index in [1.807, 2.05) is 6.92 Å². The molecular weight excluding hydrogens is 274 g/mol. The van der Waals surface area contributed by atoms with E-state index < -0.39 is 16.0 Å². The lowest BCUT2D eigenvalue weighted by Gasteiger charge is -2.18. The molecule has 0 aliphatic carbocycles. The van der Waals surface area contributed by atoms with Crippen LogP contribution in [0.25, 0.3) is 0 Å². The van der Waals surface area contributed by atoms with Gasteiger partial charge in [-0.3, -0.25) is 4.79 Å². The number of esters is 1. The Hall–Kier alpha value is -0.920. The van der Waals surface area contributed by atoms with Crippen LogP contribution < -0.4 is 0 Å². The molecule has 0 unspecified atom stereocenters. The monoisotopic (exact) mass is 291 g/mol. The maximum Gasteiger partial charge on any atom is 0.321 e. The molecular formula is C11H17NO4S2. The zero-order valence-electron chi connectivity index (χ0n) is 10.7. The van der Waals surface area contributed by atoms with Gasteiger partial charge in [0, 0.05) is 11.4 Å². The average Bonchev–Trinajstić information content (AvgIpc) is 2.73. The van der Waals surface area contributed by atoms with E-state index in [-0.39, 0.29) is 23.9 Å². The van der Waals surface area contributed by atoms with Crippen molar-refractivity contribution in [2.75, 3.05) is 19.7 Å². The highest BCUT2D eigenvalue weighted by atomic mass is 32.2. The Bertz CT molecular complexity index is 507. The molecule has 7 heteroatoms.